The first kappa shape index (κ1) is 16.4. The van der Waals surface area contributed by atoms with Crippen molar-refractivity contribution in [1.29, 1.82) is 0 Å². The molecule has 0 aromatic carbocycles. The lowest BCUT2D eigenvalue weighted by Crippen LogP contribution is -2.54. The maximum Gasteiger partial charge on any atom is 0.379 e. The molecule has 1 saturated heterocycles. The summed E-state index contributed by atoms with van der Waals surface area (Å²) in [7, 11) is 0. The molecule has 3 N–H and O–H groups in total. The van der Waals surface area contributed by atoms with Crippen LogP contribution in [0.1, 0.15) is 40.0 Å². The fraction of sp³-hybridized carbons (Fsp3) is 0.688. The molecule has 0 saturated carbocycles. The number of hydrogen-bond donors (Lipinski definition) is 3. The second-order valence-corrected chi connectivity index (χ2v) is 6.77. The minimum Gasteiger partial charge on any atom is -0.486 e. The summed E-state index contributed by atoms with van der Waals surface area (Å²) in [6.07, 6.45) is 0.750. The molecule has 0 spiro atoms. The summed E-state index contributed by atoms with van der Waals surface area (Å²) in [4.78, 5) is 12.0. The minimum absolute atomic E-state index is 0.0598. The molecule has 0 amide bonds. The summed E-state index contributed by atoms with van der Waals surface area (Å²) in [6, 6.07) is 0. The van der Waals surface area contributed by atoms with E-state index in [1.807, 2.05) is 0 Å². The van der Waals surface area contributed by atoms with Crippen LogP contribution in [0.5, 0.6) is 0 Å². The van der Waals surface area contributed by atoms with Crippen molar-refractivity contribution in [3.8, 4) is 0 Å². The molecule has 2 bridgehead atoms. The van der Waals surface area contributed by atoms with Gasteiger partial charge in [-0.3, -0.25) is 0 Å². The van der Waals surface area contributed by atoms with Crippen LogP contribution in [-0.2, 0) is 19.0 Å². The van der Waals surface area contributed by atoms with Gasteiger partial charge < -0.3 is 29.5 Å². The van der Waals surface area contributed by atoms with Gasteiger partial charge in [-0.25, -0.2) is 4.79 Å². The number of carbonyl (C=O) groups excluding carboxylic acids is 1. The summed E-state index contributed by atoms with van der Waals surface area (Å²) in [5.41, 5.74) is -2.44. The molecule has 4 atom stereocenters. The topological polar surface area (TPSA) is 105 Å². The number of aliphatic hydroxyl groups excluding tert-OH is 1. The van der Waals surface area contributed by atoms with Crippen LogP contribution in [0.4, 0.5) is 0 Å². The van der Waals surface area contributed by atoms with Gasteiger partial charge in [0.1, 0.15) is 11.4 Å². The normalized spacial score (nSPS) is 45.6. The highest BCUT2D eigenvalue weighted by Gasteiger charge is 2.58. The van der Waals surface area contributed by atoms with E-state index in [1.165, 1.54) is 6.92 Å². The standard InChI is InChI=1S/C16H22O7/c1-4-21-12-11-9(17)7-15(3,19)16(20)6-5-14(2,23-16)8-10(11)22-13(12)18/h8-9,17,19-20H,4-7H2,1-3H3/b10-8+/t9-,14+,15+,16-/m0/s1. The molecule has 7 nitrogen and oxygen atoms in total. The first-order valence-corrected chi connectivity index (χ1v) is 7.76. The Kier molecular flexibility index (Phi) is 3.61. The van der Waals surface area contributed by atoms with Crippen LogP contribution in [0, 0.1) is 0 Å². The molecule has 3 aliphatic rings. The maximum absolute atomic E-state index is 12.0. The van der Waals surface area contributed by atoms with Crippen LogP contribution >= 0.6 is 0 Å². The smallest absolute Gasteiger partial charge is 0.379 e. The first-order chi connectivity index (χ1) is 10.6. The third-order valence-corrected chi connectivity index (χ3v) is 4.75. The van der Waals surface area contributed by atoms with Gasteiger partial charge in [-0.15, -0.1) is 0 Å². The van der Waals surface area contributed by atoms with Gasteiger partial charge in [0.15, 0.2) is 5.79 Å². The summed E-state index contributed by atoms with van der Waals surface area (Å²) >= 11 is 0. The molecule has 0 aliphatic carbocycles. The number of aliphatic hydroxyl groups is 3. The number of fused-ring (bicyclic) bond motifs is 3. The van der Waals surface area contributed by atoms with Crippen LogP contribution in [0.2, 0.25) is 0 Å². The van der Waals surface area contributed by atoms with E-state index in [-0.39, 0.29) is 36.5 Å². The SMILES string of the molecule is CCOC1=C2/C(=C\[C@@]3(C)CC[C@](O)(O3)[C@](C)(O)C[C@@H]2O)OC1=O. The number of esters is 1. The highest BCUT2D eigenvalue weighted by molar-refractivity contribution is 5.92. The van der Waals surface area contributed by atoms with Gasteiger partial charge in [-0.2, -0.15) is 0 Å². The van der Waals surface area contributed by atoms with Crippen molar-refractivity contribution < 1.29 is 34.3 Å². The monoisotopic (exact) mass is 326 g/mol. The molecule has 23 heavy (non-hydrogen) atoms. The van der Waals surface area contributed by atoms with Crippen LogP contribution < -0.4 is 0 Å². The van der Waals surface area contributed by atoms with E-state index in [9.17, 15) is 20.1 Å². The van der Waals surface area contributed by atoms with Gasteiger partial charge in [0.2, 0.25) is 5.76 Å². The summed E-state index contributed by atoms with van der Waals surface area (Å²) in [5.74, 6) is -2.36. The third-order valence-electron chi connectivity index (χ3n) is 4.75. The van der Waals surface area contributed by atoms with Crippen molar-refractivity contribution >= 4 is 5.97 Å². The summed E-state index contributed by atoms with van der Waals surface area (Å²) in [6.45, 7) is 5.10. The fourth-order valence-corrected chi connectivity index (χ4v) is 3.43. The van der Waals surface area contributed by atoms with Crippen LogP contribution in [0.25, 0.3) is 0 Å². The van der Waals surface area contributed by atoms with Gasteiger partial charge in [0.25, 0.3) is 0 Å². The second-order valence-electron chi connectivity index (χ2n) is 6.77. The Morgan fingerprint density at radius 3 is 2.70 bits per heavy atom. The average molecular weight is 326 g/mol. The van der Waals surface area contributed by atoms with E-state index in [0.29, 0.717) is 6.42 Å². The Balaban J connectivity index is 2.14. The Labute approximate surface area is 134 Å². The first-order valence-electron chi connectivity index (χ1n) is 7.76. The Hall–Kier alpha value is -1.41. The van der Waals surface area contributed by atoms with Crippen LogP contribution in [0.15, 0.2) is 23.2 Å². The van der Waals surface area contributed by atoms with Crippen molar-refractivity contribution in [2.75, 3.05) is 6.61 Å². The van der Waals surface area contributed by atoms with E-state index in [2.05, 4.69) is 0 Å². The summed E-state index contributed by atoms with van der Waals surface area (Å²) in [5, 5.41) is 31.9. The summed E-state index contributed by atoms with van der Waals surface area (Å²) < 4.78 is 16.3. The van der Waals surface area contributed by atoms with E-state index in [1.54, 1.807) is 19.9 Å². The number of hydrogen-bond acceptors (Lipinski definition) is 7. The highest BCUT2D eigenvalue weighted by atomic mass is 16.7. The van der Waals surface area contributed by atoms with Crippen molar-refractivity contribution in [3.05, 3.63) is 23.2 Å². The molecule has 0 aromatic rings. The highest BCUT2D eigenvalue weighted by Crippen LogP contribution is 2.48. The van der Waals surface area contributed by atoms with E-state index >= 15 is 0 Å². The zero-order valence-electron chi connectivity index (χ0n) is 13.5. The Morgan fingerprint density at radius 1 is 1.35 bits per heavy atom. The molecule has 0 unspecified atom stereocenters. The lowest BCUT2D eigenvalue weighted by molar-refractivity contribution is -0.297. The van der Waals surface area contributed by atoms with Crippen molar-refractivity contribution in [2.24, 2.45) is 0 Å². The van der Waals surface area contributed by atoms with Crippen molar-refractivity contribution in [1.82, 2.24) is 0 Å². The van der Waals surface area contributed by atoms with E-state index in [4.69, 9.17) is 14.2 Å². The van der Waals surface area contributed by atoms with E-state index < -0.39 is 29.1 Å². The number of rotatable bonds is 2. The maximum atomic E-state index is 12.0. The van der Waals surface area contributed by atoms with Crippen LogP contribution in [-0.4, -0.2) is 51.0 Å². The molecule has 0 radical (unpaired) electrons. The van der Waals surface area contributed by atoms with Gasteiger partial charge in [0.05, 0.1) is 23.9 Å². The van der Waals surface area contributed by atoms with Crippen molar-refractivity contribution in [2.45, 2.75) is 63.1 Å². The van der Waals surface area contributed by atoms with Crippen LogP contribution in [0.3, 0.4) is 0 Å². The number of ether oxygens (including phenoxy) is 3. The minimum atomic E-state index is -1.78. The lowest BCUT2D eigenvalue weighted by atomic mass is 9.83. The molecular weight excluding hydrogens is 304 g/mol. The zero-order valence-corrected chi connectivity index (χ0v) is 13.5. The van der Waals surface area contributed by atoms with E-state index in [0.717, 1.165) is 0 Å². The van der Waals surface area contributed by atoms with Gasteiger partial charge >= 0.3 is 5.97 Å². The van der Waals surface area contributed by atoms with Gasteiger partial charge in [-0.05, 0) is 33.3 Å². The largest absolute Gasteiger partial charge is 0.486 e. The fourth-order valence-electron chi connectivity index (χ4n) is 3.43. The second kappa shape index (κ2) is 5.04. The molecule has 3 rings (SSSR count). The predicted octanol–water partition coefficient (Wildman–Crippen LogP) is 0.491. The lowest BCUT2D eigenvalue weighted by Gasteiger charge is -2.39. The third kappa shape index (κ3) is 2.48. The molecule has 3 heterocycles. The molecule has 7 heteroatoms. The molecular formula is C16H22O7. The molecule has 3 aliphatic heterocycles. The quantitative estimate of drug-likeness (QED) is 0.634. The Morgan fingerprint density at radius 2 is 2.04 bits per heavy atom. The Bertz CT molecular complexity index is 606. The van der Waals surface area contributed by atoms with Gasteiger partial charge in [-0.1, -0.05) is 0 Å². The predicted molar refractivity (Wildman–Crippen MR) is 77.7 cm³/mol. The van der Waals surface area contributed by atoms with Crippen molar-refractivity contribution in [3.63, 3.8) is 0 Å². The number of carbonyl (C=O) groups is 1. The van der Waals surface area contributed by atoms with Gasteiger partial charge in [0, 0.05) is 12.8 Å². The zero-order chi connectivity index (χ0) is 17.0. The average Bonchev–Trinajstić information content (AvgIpc) is 2.89. The molecule has 128 valence electrons. The molecule has 1 fully saturated rings. The molecule has 0 aromatic heterocycles.